The fourth-order valence-corrected chi connectivity index (χ4v) is 3.14. The Bertz CT molecular complexity index is 478. The minimum absolute atomic E-state index is 0.277. The number of hydrogen-bond donors (Lipinski definition) is 1. The molecule has 1 atom stereocenters. The van der Waals surface area contributed by atoms with E-state index in [-0.39, 0.29) is 6.42 Å². The van der Waals surface area contributed by atoms with Crippen LogP contribution in [0.5, 0.6) is 5.75 Å². The third-order valence-corrected chi connectivity index (χ3v) is 4.27. The molecule has 0 aliphatic carbocycles. The molecule has 1 N–H and O–H groups in total. The lowest BCUT2D eigenvalue weighted by atomic mass is 10.0. The van der Waals surface area contributed by atoms with Gasteiger partial charge in [-0.3, -0.25) is 9.69 Å². The molecule has 1 heterocycles. The lowest BCUT2D eigenvalue weighted by Gasteiger charge is -2.18. The monoisotopic (exact) mass is 341 g/mol. The van der Waals surface area contributed by atoms with Crippen molar-refractivity contribution in [1.29, 1.82) is 0 Å². The van der Waals surface area contributed by atoms with Gasteiger partial charge in [0, 0.05) is 29.5 Å². The summed E-state index contributed by atoms with van der Waals surface area (Å²) in [5.74, 6) is 0.712. The maximum Gasteiger partial charge on any atom is 0.303 e. The topological polar surface area (TPSA) is 49.8 Å². The molecule has 0 radical (unpaired) electrons. The van der Waals surface area contributed by atoms with Gasteiger partial charge < -0.3 is 9.84 Å². The van der Waals surface area contributed by atoms with Gasteiger partial charge in [0.25, 0.3) is 0 Å². The van der Waals surface area contributed by atoms with Gasteiger partial charge in [-0.05, 0) is 43.5 Å². The first-order chi connectivity index (χ1) is 9.58. The van der Waals surface area contributed by atoms with Crippen molar-refractivity contribution in [1.82, 2.24) is 4.90 Å². The van der Waals surface area contributed by atoms with Gasteiger partial charge in [-0.25, -0.2) is 0 Å². The van der Waals surface area contributed by atoms with Gasteiger partial charge in [0.15, 0.2) is 0 Å². The molecule has 1 unspecified atom stereocenters. The van der Waals surface area contributed by atoms with Crippen LogP contribution in [0.4, 0.5) is 0 Å². The van der Waals surface area contributed by atoms with Crippen LogP contribution in [0, 0.1) is 5.92 Å². The average molecular weight is 342 g/mol. The summed E-state index contributed by atoms with van der Waals surface area (Å²) in [4.78, 5) is 13.0. The number of nitrogens with zero attached hydrogens (tertiary/aromatic N) is 1. The second-order valence-corrected chi connectivity index (χ2v) is 6.19. The first kappa shape index (κ1) is 15.3. The van der Waals surface area contributed by atoms with E-state index in [2.05, 4.69) is 26.9 Å². The zero-order chi connectivity index (χ0) is 14.5. The summed E-state index contributed by atoms with van der Waals surface area (Å²) < 4.78 is 6.44. The lowest BCUT2D eigenvalue weighted by molar-refractivity contribution is -0.137. The Balaban J connectivity index is 1.91. The Morgan fingerprint density at radius 2 is 2.35 bits per heavy atom. The van der Waals surface area contributed by atoms with Crippen LogP contribution in [-0.2, 0) is 11.3 Å². The van der Waals surface area contributed by atoms with Gasteiger partial charge >= 0.3 is 5.97 Å². The number of aliphatic carboxylic acids is 1. The van der Waals surface area contributed by atoms with Crippen LogP contribution >= 0.6 is 15.9 Å². The molecule has 0 aromatic heterocycles. The Morgan fingerprint density at radius 1 is 1.55 bits per heavy atom. The van der Waals surface area contributed by atoms with E-state index in [9.17, 15) is 4.79 Å². The van der Waals surface area contributed by atoms with Crippen LogP contribution in [0.2, 0.25) is 0 Å². The minimum atomic E-state index is -0.697. The maximum absolute atomic E-state index is 10.6. The molecule has 0 amide bonds. The van der Waals surface area contributed by atoms with Gasteiger partial charge in [-0.2, -0.15) is 0 Å². The summed E-state index contributed by atoms with van der Waals surface area (Å²) in [6.07, 6.45) is 2.14. The van der Waals surface area contributed by atoms with Crippen molar-refractivity contribution in [2.75, 3.05) is 20.2 Å². The standard InChI is InChI=1S/C15H20BrNO3/c1-20-14-4-3-13(16)8-12(14)10-17-7-6-11(9-17)2-5-15(18)19/h3-4,8,11H,2,5-7,9-10H2,1H3,(H,18,19). The van der Waals surface area contributed by atoms with Crippen LogP contribution < -0.4 is 4.74 Å². The molecule has 1 aliphatic heterocycles. The maximum atomic E-state index is 10.6. The highest BCUT2D eigenvalue weighted by Crippen LogP contribution is 2.28. The fourth-order valence-electron chi connectivity index (χ4n) is 2.73. The van der Waals surface area contributed by atoms with Crippen LogP contribution in [0.1, 0.15) is 24.8 Å². The number of likely N-dealkylation sites (tertiary alicyclic amines) is 1. The third kappa shape index (κ3) is 4.21. The summed E-state index contributed by atoms with van der Waals surface area (Å²) in [6, 6.07) is 6.03. The van der Waals surface area contributed by atoms with Gasteiger partial charge in [0.2, 0.25) is 0 Å². The highest BCUT2D eigenvalue weighted by molar-refractivity contribution is 9.10. The number of halogens is 1. The molecular formula is C15H20BrNO3. The highest BCUT2D eigenvalue weighted by atomic mass is 79.9. The Morgan fingerprint density at radius 3 is 3.05 bits per heavy atom. The highest BCUT2D eigenvalue weighted by Gasteiger charge is 2.23. The van der Waals surface area contributed by atoms with Crippen molar-refractivity contribution in [3.05, 3.63) is 28.2 Å². The molecule has 2 rings (SSSR count). The molecular weight excluding hydrogens is 322 g/mol. The van der Waals surface area contributed by atoms with Crippen molar-refractivity contribution in [3.8, 4) is 5.75 Å². The van der Waals surface area contributed by atoms with Crippen LogP contribution in [0.3, 0.4) is 0 Å². The van der Waals surface area contributed by atoms with Gasteiger partial charge in [-0.15, -0.1) is 0 Å². The zero-order valence-electron chi connectivity index (χ0n) is 11.6. The SMILES string of the molecule is COc1ccc(Br)cc1CN1CCC(CCC(=O)O)C1. The molecule has 110 valence electrons. The molecule has 1 aliphatic rings. The molecule has 0 bridgehead atoms. The number of methoxy groups -OCH3 is 1. The number of carboxylic acid groups (broad SMARTS) is 1. The molecule has 1 aromatic rings. The quantitative estimate of drug-likeness (QED) is 0.863. The molecule has 0 spiro atoms. The number of rotatable bonds is 6. The number of carbonyl (C=O) groups is 1. The third-order valence-electron chi connectivity index (χ3n) is 3.77. The Kier molecular flexibility index (Phi) is 5.43. The second-order valence-electron chi connectivity index (χ2n) is 5.28. The summed E-state index contributed by atoms with van der Waals surface area (Å²) in [5.41, 5.74) is 1.17. The molecule has 20 heavy (non-hydrogen) atoms. The normalized spacial score (nSPS) is 19.2. The van der Waals surface area contributed by atoms with Crippen LogP contribution in [0.15, 0.2) is 22.7 Å². The predicted octanol–water partition coefficient (Wildman–Crippen LogP) is 3.14. The largest absolute Gasteiger partial charge is 0.496 e. The second kappa shape index (κ2) is 7.09. The van der Waals surface area contributed by atoms with E-state index >= 15 is 0 Å². The summed E-state index contributed by atoms with van der Waals surface area (Å²) >= 11 is 3.49. The van der Waals surface area contributed by atoms with Crippen molar-refractivity contribution in [2.24, 2.45) is 5.92 Å². The van der Waals surface area contributed by atoms with Crippen molar-refractivity contribution in [3.63, 3.8) is 0 Å². The summed E-state index contributed by atoms with van der Waals surface area (Å²) in [6.45, 7) is 2.86. The van der Waals surface area contributed by atoms with E-state index in [1.807, 2.05) is 12.1 Å². The number of hydrogen-bond acceptors (Lipinski definition) is 3. The van der Waals surface area contributed by atoms with E-state index in [1.165, 1.54) is 5.56 Å². The Labute approximate surface area is 127 Å². The number of benzene rings is 1. The van der Waals surface area contributed by atoms with Gasteiger partial charge in [0.05, 0.1) is 7.11 Å². The molecule has 1 saturated heterocycles. The molecule has 4 nitrogen and oxygen atoms in total. The number of carboxylic acids is 1. The number of ether oxygens (including phenoxy) is 1. The fraction of sp³-hybridized carbons (Fsp3) is 0.533. The van der Waals surface area contributed by atoms with E-state index in [1.54, 1.807) is 7.11 Å². The Hall–Kier alpha value is -1.07. The minimum Gasteiger partial charge on any atom is -0.496 e. The summed E-state index contributed by atoms with van der Waals surface area (Å²) in [5, 5.41) is 8.74. The molecule has 5 heteroatoms. The first-order valence-corrected chi connectivity index (χ1v) is 7.64. The molecule has 0 saturated carbocycles. The smallest absolute Gasteiger partial charge is 0.303 e. The zero-order valence-corrected chi connectivity index (χ0v) is 13.2. The average Bonchev–Trinajstić information content (AvgIpc) is 2.84. The van der Waals surface area contributed by atoms with Gasteiger partial charge in [0.1, 0.15) is 5.75 Å². The van der Waals surface area contributed by atoms with Crippen LogP contribution in [-0.4, -0.2) is 36.2 Å². The van der Waals surface area contributed by atoms with Crippen LogP contribution in [0.25, 0.3) is 0 Å². The van der Waals surface area contributed by atoms with E-state index in [0.29, 0.717) is 5.92 Å². The van der Waals surface area contributed by atoms with Gasteiger partial charge in [-0.1, -0.05) is 15.9 Å². The van der Waals surface area contributed by atoms with E-state index in [4.69, 9.17) is 9.84 Å². The molecule has 1 aromatic carbocycles. The van der Waals surface area contributed by atoms with Crippen molar-refractivity contribution >= 4 is 21.9 Å². The predicted molar refractivity (Wildman–Crippen MR) is 80.9 cm³/mol. The van der Waals surface area contributed by atoms with Crippen molar-refractivity contribution in [2.45, 2.75) is 25.8 Å². The summed E-state index contributed by atoms with van der Waals surface area (Å²) in [7, 11) is 1.69. The van der Waals surface area contributed by atoms with E-state index in [0.717, 1.165) is 42.7 Å². The van der Waals surface area contributed by atoms with E-state index < -0.39 is 5.97 Å². The lowest BCUT2D eigenvalue weighted by Crippen LogP contribution is -2.20. The molecule has 1 fully saturated rings. The first-order valence-electron chi connectivity index (χ1n) is 6.85. The van der Waals surface area contributed by atoms with Crippen molar-refractivity contribution < 1.29 is 14.6 Å².